The van der Waals surface area contributed by atoms with E-state index in [1.807, 2.05) is 60.7 Å². The minimum absolute atomic E-state index is 0.0745. The number of carbonyl (C=O) groups excluding carboxylic acids is 1. The van der Waals surface area contributed by atoms with Gasteiger partial charge >= 0.3 is 0 Å². The highest BCUT2D eigenvalue weighted by molar-refractivity contribution is 7.89. The molecule has 2 aromatic heterocycles. The number of hydrogen-bond acceptors (Lipinski definition) is 10. The Labute approximate surface area is 300 Å². The molecule has 0 spiro atoms. The second kappa shape index (κ2) is 15.2. The van der Waals surface area contributed by atoms with E-state index >= 15 is 0 Å². The van der Waals surface area contributed by atoms with Crippen molar-refractivity contribution in [3.05, 3.63) is 126 Å². The number of benzene rings is 4. The van der Waals surface area contributed by atoms with Crippen LogP contribution < -0.4 is 15.4 Å². The number of imidazole rings is 1. The molecule has 1 aliphatic heterocycles. The third-order valence-corrected chi connectivity index (χ3v) is 10.6. The number of amides is 1. The van der Waals surface area contributed by atoms with Crippen LogP contribution in [0.1, 0.15) is 42.4 Å². The van der Waals surface area contributed by atoms with E-state index in [1.54, 1.807) is 25.1 Å². The monoisotopic (exact) mass is 721 g/mol. The number of ether oxygens (including phenoxy) is 1. The predicted molar refractivity (Wildman–Crippen MR) is 196 cm³/mol. The van der Waals surface area contributed by atoms with Crippen LogP contribution in [0, 0.1) is 0 Å². The number of aromatic nitrogens is 4. The number of nitrogens with one attached hydrogen (secondary N) is 3. The maximum Gasteiger partial charge on any atom is 0.240 e. The summed E-state index contributed by atoms with van der Waals surface area (Å²) < 4.78 is 37.1. The average molecular weight is 722 g/mol. The van der Waals surface area contributed by atoms with Crippen LogP contribution in [0.15, 0.2) is 114 Å². The first-order chi connectivity index (χ1) is 25.2. The summed E-state index contributed by atoms with van der Waals surface area (Å²) >= 11 is 0. The van der Waals surface area contributed by atoms with E-state index in [0.717, 1.165) is 21.9 Å². The number of anilines is 1. The smallest absolute Gasteiger partial charge is 0.240 e. The number of sulfonamides is 1. The Morgan fingerprint density at radius 1 is 0.885 bits per heavy atom. The molecule has 1 fully saturated rings. The molecule has 3 heterocycles. The minimum atomic E-state index is -3.97. The Morgan fingerprint density at radius 3 is 2.25 bits per heavy atom. The van der Waals surface area contributed by atoms with Crippen molar-refractivity contribution in [1.29, 1.82) is 0 Å². The van der Waals surface area contributed by atoms with Crippen molar-refractivity contribution in [2.45, 2.75) is 55.2 Å². The summed E-state index contributed by atoms with van der Waals surface area (Å²) in [4.78, 5) is 26.4. The Hall–Kier alpha value is -5.25. The van der Waals surface area contributed by atoms with Crippen LogP contribution in [0.2, 0.25) is 0 Å². The first-order valence-electron chi connectivity index (χ1n) is 17.1. The van der Waals surface area contributed by atoms with Crippen molar-refractivity contribution in [3.63, 3.8) is 0 Å². The lowest BCUT2D eigenvalue weighted by molar-refractivity contribution is -0.125. The van der Waals surface area contributed by atoms with Crippen LogP contribution >= 0.6 is 0 Å². The lowest BCUT2D eigenvalue weighted by Gasteiger charge is -2.20. The summed E-state index contributed by atoms with van der Waals surface area (Å²) in [5, 5.41) is 29.7. The SMILES string of the molecule is CCNC(=O)C[C@@H]1O[C@@H](n2cnc3c(NCC(c4ccccc4)c4ccccc4)nc(CNS(=O)(=O)c4ccc5ccccc5c4)nc32)[C@H](O)[C@@H]1O. The van der Waals surface area contributed by atoms with Gasteiger partial charge in [0.1, 0.15) is 18.0 Å². The Bertz CT molecular complexity index is 2250. The summed E-state index contributed by atoms with van der Waals surface area (Å²) in [7, 11) is -3.97. The van der Waals surface area contributed by atoms with Gasteiger partial charge in [-0.15, -0.1) is 0 Å². The molecule has 52 heavy (non-hydrogen) atoms. The largest absolute Gasteiger partial charge is 0.388 e. The highest BCUT2D eigenvalue weighted by Gasteiger charge is 2.45. The summed E-state index contributed by atoms with van der Waals surface area (Å²) in [6.45, 7) is 2.34. The van der Waals surface area contributed by atoms with E-state index in [2.05, 4.69) is 49.6 Å². The maximum absolute atomic E-state index is 13.5. The predicted octanol–water partition coefficient (Wildman–Crippen LogP) is 3.85. The van der Waals surface area contributed by atoms with Gasteiger partial charge in [-0.1, -0.05) is 91.0 Å². The second-order valence-electron chi connectivity index (χ2n) is 12.6. The van der Waals surface area contributed by atoms with Gasteiger partial charge in [0, 0.05) is 19.0 Å². The average Bonchev–Trinajstić information content (AvgIpc) is 3.71. The van der Waals surface area contributed by atoms with Crippen molar-refractivity contribution in [2.24, 2.45) is 0 Å². The molecule has 6 aromatic rings. The molecular weight excluding hydrogens is 683 g/mol. The summed E-state index contributed by atoms with van der Waals surface area (Å²) in [6.07, 6.45) is -3.60. The number of fused-ring (bicyclic) bond motifs is 2. The summed E-state index contributed by atoms with van der Waals surface area (Å²) in [6, 6.07) is 32.5. The van der Waals surface area contributed by atoms with Crippen LogP contribution in [-0.4, -0.2) is 75.5 Å². The first kappa shape index (κ1) is 35.2. The van der Waals surface area contributed by atoms with Gasteiger partial charge in [-0.25, -0.2) is 28.1 Å². The normalized spacial score (nSPS) is 19.0. The van der Waals surface area contributed by atoms with E-state index in [9.17, 15) is 23.4 Å². The van der Waals surface area contributed by atoms with E-state index in [4.69, 9.17) is 9.72 Å². The summed E-state index contributed by atoms with van der Waals surface area (Å²) in [5.41, 5.74) is 2.74. The molecule has 0 aliphatic carbocycles. The van der Waals surface area contributed by atoms with Gasteiger partial charge in [-0.05, 0) is 41.0 Å². The molecule has 4 aromatic carbocycles. The van der Waals surface area contributed by atoms with Gasteiger partial charge in [0.05, 0.1) is 30.3 Å². The second-order valence-corrected chi connectivity index (χ2v) is 14.4. The van der Waals surface area contributed by atoms with Gasteiger partial charge < -0.3 is 25.6 Å². The van der Waals surface area contributed by atoms with Gasteiger partial charge in [-0.2, -0.15) is 0 Å². The minimum Gasteiger partial charge on any atom is -0.388 e. The fraction of sp³-hybridized carbons (Fsp3) is 0.263. The molecule has 1 saturated heterocycles. The highest BCUT2D eigenvalue weighted by Crippen LogP contribution is 2.34. The van der Waals surface area contributed by atoms with Crippen molar-refractivity contribution in [1.82, 2.24) is 29.6 Å². The van der Waals surface area contributed by atoms with Crippen LogP contribution in [-0.2, 0) is 26.1 Å². The van der Waals surface area contributed by atoms with Crippen molar-refractivity contribution >= 4 is 43.7 Å². The number of hydrogen-bond donors (Lipinski definition) is 5. The standard InChI is InChI=1S/C38H39N7O6S/c1-2-39-32(46)20-30-34(47)35(48)38(51-30)45-23-41-33-36(40-21-29(25-12-5-3-6-13-25)26-14-7-4-8-15-26)43-31(44-37(33)45)22-42-52(49,50)28-18-17-24-11-9-10-16-27(24)19-28/h3-19,23,29-30,34-35,38,42,47-48H,2,20-22H2,1H3,(H,39,46)(H,40,43,44)/t30-,34+,35+,38+/m0/s1. The number of aliphatic hydroxyl groups excluding tert-OH is 2. The first-order valence-corrected chi connectivity index (χ1v) is 18.5. The number of carbonyl (C=O) groups is 1. The lowest BCUT2D eigenvalue weighted by atomic mass is 9.91. The fourth-order valence-electron chi connectivity index (χ4n) is 6.50. The molecule has 7 rings (SSSR count). The molecule has 0 bridgehead atoms. The van der Waals surface area contributed by atoms with E-state index in [1.165, 1.54) is 10.9 Å². The Balaban J connectivity index is 1.23. The zero-order valence-electron chi connectivity index (χ0n) is 28.3. The van der Waals surface area contributed by atoms with Crippen LogP contribution in [0.5, 0.6) is 0 Å². The molecular formula is C38H39N7O6S. The van der Waals surface area contributed by atoms with Gasteiger partial charge in [0.25, 0.3) is 0 Å². The highest BCUT2D eigenvalue weighted by atomic mass is 32.2. The quantitative estimate of drug-likeness (QED) is 0.118. The number of rotatable bonds is 13. The molecule has 0 radical (unpaired) electrons. The maximum atomic E-state index is 13.5. The molecule has 5 N–H and O–H groups in total. The summed E-state index contributed by atoms with van der Waals surface area (Å²) in [5.74, 6) is 0.0713. The molecule has 268 valence electrons. The third-order valence-electron chi connectivity index (χ3n) is 9.17. The van der Waals surface area contributed by atoms with Crippen molar-refractivity contribution in [3.8, 4) is 0 Å². The fourth-order valence-corrected chi connectivity index (χ4v) is 7.52. The zero-order chi connectivity index (χ0) is 36.2. The molecule has 13 nitrogen and oxygen atoms in total. The molecule has 0 saturated carbocycles. The van der Waals surface area contributed by atoms with Crippen LogP contribution in [0.4, 0.5) is 5.82 Å². The van der Waals surface area contributed by atoms with E-state index in [0.29, 0.717) is 24.4 Å². The Morgan fingerprint density at radius 2 is 1.56 bits per heavy atom. The molecule has 1 aliphatic rings. The lowest BCUT2D eigenvalue weighted by Crippen LogP contribution is -2.35. The molecule has 1 amide bonds. The topological polar surface area (TPSA) is 181 Å². The van der Waals surface area contributed by atoms with Crippen molar-refractivity contribution in [2.75, 3.05) is 18.4 Å². The van der Waals surface area contributed by atoms with E-state index in [-0.39, 0.29) is 41.2 Å². The number of nitrogens with zero attached hydrogens (tertiary/aromatic N) is 4. The molecule has 4 atom stereocenters. The Kier molecular flexibility index (Phi) is 10.2. The van der Waals surface area contributed by atoms with E-state index < -0.39 is 34.6 Å². The number of aliphatic hydroxyl groups is 2. The van der Waals surface area contributed by atoms with Crippen molar-refractivity contribution < 1.29 is 28.2 Å². The van der Waals surface area contributed by atoms with Gasteiger partial charge in [-0.3, -0.25) is 9.36 Å². The third kappa shape index (κ3) is 7.38. The molecule has 14 heteroatoms. The zero-order valence-corrected chi connectivity index (χ0v) is 29.1. The molecule has 0 unspecified atom stereocenters. The van der Waals surface area contributed by atoms with Gasteiger partial charge in [0.2, 0.25) is 15.9 Å². The van der Waals surface area contributed by atoms with Crippen LogP contribution in [0.25, 0.3) is 21.9 Å². The van der Waals surface area contributed by atoms with Crippen LogP contribution in [0.3, 0.4) is 0 Å². The van der Waals surface area contributed by atoms with Gasteiger partial charge in [0.15, 0.2) is 23.2 Å².